The van der Waals surface area contributed by atoms with Crippen LogP contribution in [0.15, 0.2) is 40.3 Å². The Morgan fingerprint density at radius 3 is 2.40 bits per heavy atom. The summed E-state index contributed by atoms with van der Waals surface area (Å²) >= 11 is 0. The van der Waals surface area contributed by atoms with Gasteiger partial charge in [-0.1, -0.05) is 39.3 Å². The van der Waals surface area contributed by atoms with Crippen LogP contribution in [0.5, 0.6) is 0 Å². The maximum absolute atomic E-state index is 6.05. The molecule has 0 saturated heterocycles. The summed E-state index contributed by atoms with van der Waals surface area (Å²) in [5.74, 6) is 3.73. The Morgan fingerprint density at radius 2 is 1.80 bits per heavy atom. The van der Waals surface area contributed by atoms with Crippen LogP contribution in [-0.4, -0.2) is 36.9 Å². The highest BCUT2D eigenvalue weighted by Gasteiger charge is 2.32. The first-order valence-corrected chi connectivity index (χ1v) is 11.3. The number of hydrogen-bond donors (Lipinski definition) is 1. The van der Waals surface area contributed by atoms with E-state index in [9.17, 15) is 0 Å². The van der Waals surface area contributed by atoms with Gasteiger partial charge in [-0.3, -0.25) is 0 Å². The maximum Gasteiger partial charge on any atom is 0.247 e. The van der Waals surface area contributed by atoms with Crippen molar-refractivity contribution in [1.82, 2.24) is 15.5 Å². The smallest absolute Gasteiger partial charge is 0.247 e. The van der Waals surface area contributed by atoms with Crippen molar-refractivity contribution >= 4 is 5.69 Å². The molecule has 0 saturated carbocycles. The minimum absolute atomic E-state index is 0.470. The molecule has 0 radical (unpaired) electrons. The quantitative estimate of drug-likeness (QED) is 0.606. The molecule has 2 aromatic rings. The van der Waals surface area contributed by atoms with Gasteiger partial charge in [0.1, 0.15) is 0 Å². The number of benzene rings is 1. The van der Waals surface area contributed by atoms with Gasteiger partial charge in [0.25, 0.3) is 0 Å². The van der Waals surface area contributed by atoms with E-state index in [4.69, 9.17) is 4.42 Å². The Balaban J connectivity index is 1.71. The molecule has 0 fully saturated rings. The molecule has 0 amide bonds. The third-order valence-corrected chi connectivity index (χ3v) is 6.36. The van der Waals surface area contributed by atoms with Crippen LogP contribution in [0.4, 0.5) is 5.69 Å². The fraction of sp³-hybridized carbons (Fsp3) is 0.600. The van der Waals surface area contributed by atoms with Gasteiger partial charge in [0, 0.05) is 44.4 Å². The van der Waals surface area contributed by atoms with Crippen LogP contribution in [0, 0.1) is 23.7 Å². The summed E-state index contributed by atoms with van der Waals surface area (Å²) in [6.45, 7) is 12.4. The van der Waals surface area contributed by atoms with Crippen molar-refractivity contribution in [2.45, 2.75) is 53.5 Å². The zero-order chi connectivity index (χ0) is 21.8. The van der Waals surface area contributed by atoms with Crippen LogP contribution in [0.3, 0.4) is 0 Å². The van der Waals surface area contributed by atoms with Crippen molar-refractivity contribution in [3.05, 3.63) is 41.8 Å². The first kappa shape index (κ1) is 22.5. The number of nitrogens with zero attached hydrogens (tertiary/aromatic N) is 3. The van der Waals surface area contributed by atoms with Crippen LogP contribution in [0.2, 0.25) is 0 Å². The Bertz CT molecular complexity index is 835. The lowest BCUT2D eigenvalue weighted by Gasteiger charge is -2.37. The highest BCUT2D eigenvalue weighted by atomic mass is 16.4. The number of aromatic nitrogens is 2. The van der Waals surface area contributed by atoms with Crippen molar-refractivity contribution in [3.63, 3.8) is 0 Å². The molecule has 30 heavy (non-hydrogen) atoms. The molecule has 5 nitrogen and oxygen atoms in total. The van der Waals surface area contributed by atoms with E-state index in [1.54, 1.807) is 0 Å². The second-order valence-corrected chi connectivity index (χ2v) is 9.62. The van der Waals surface area contributed by atoms with Gasteiger partial charge in [-0.25, -0.2) is 0 Å². The summed E-state index contributed by atoms with van der Waals surface area (Å²) in [7, 11) is 4.07. The van der Waals surface area contributed by atoms with Gasteiger partial charge in [0.15, 0.2) is 0 Å². The lowest BCUT2D eigenvalue weighted by molar-refractivity contribution is 0.216. The zero-order valence-electron chi connectivity index (χ0n) is 19.6. The van der Waals surface area contributed by atoms with Gasteiger partial charge >= 0.3 is 0 Å². The van der Waals surface area contributed by atoms with Crippen LogP contribution in [0.1, 0.15) is 46.9 Å². The fourth-order valence-electron chi connectivity index (χ4n) is 4.45. The Labute approximate surface area is 182 Å². The third kappa shape index (κ3) is 5.51. The van der Waals surface area contributed by atoms with E-state index in [2.05, 4.69) is 73.2 Å². The van der Waals surface area contributed by atoms with Crippen molar-refractivity contribution in [2.75, 3.05) is 25.5 Å². The maximum atomic E-state index is 6.05. The number of anilines is 1. The molecule has 3 unspecified atom stereocenters. The van der Waals surface area contributed by atoms with Gasteiger partial charge in [-0.05, 0) is 61.3 Å². The van der Waals surface area contributed by atoms with Crippen LogP contribution in [-0.2, 0) is 6.42 Å². The number of nitrogens with one attached hydrogen (secondary N) is 1. The van der Waals surface area contributed by atoms with Crippen molar-refractivity contribution in [2.24, 2.45) is 23.7 Å². The van der Waals surface area contributed by atoms with Crippen molar-refractivity contribution < 1.29 is 4.42 Å². The third-order valence-electron chi connectivity index (χ3n) is 6.36. The molecular weight excluding hydrogens is 372 g/mol. The molecule has 0 aliphatic heterocycles. The van der Waals surface area contributed by atoms with E-state index in [1.807, 2.05) is 26.2 Å². The Hall–Kier alpha value is -2.14. The van der Waals surface area contributed by atoms with E-state index in [0.717, 1.165) is 30.1 Å². The van der Waals surface area contributed by atoms with Crippen molar-refractivity contribution in [1.29, 1.82) is 0 Å². The normalized spacial score (nSPS) is 21.9. The van der Waals surface area contributed by atoms with Crippen molar-refractivity contribution in [3.8, 4) is 11.5 Å². The molecule has 164 valence electrons. The molecule has 0 spiro atoms. The van der Waals surface area contributed by atoms with E-state index in [-0.39, 0.29) is 0 Å². The Morgan fingerprint density at radius 1 is 1.10 bits per heavy atom. The fourth-order valence-corrected chi connectivity index (χ4v) is 4.45. The molecule has 3 rings (SSSR count). The van der Waals surface area contributed by atoms with Crippen LogP contribution < -0.4 is 10.2 Å². The molecule has 0 bridgehead atoms. The largest absolute Gasteiger partial charge is 0.421 e. The van der Waals surface area contributed by atoms with Crippen LogP contribution in [0.25, 0.3) is 11.5 Å². The molecular formula is C25H38N4O. The molecule has 1 aliphatic rings. The topological polar surface area (TPSA) is 54.2 Å². The summed E-state index contributed by atoms with van der Waals surface area (Å²) in [4.78, 5) is 2.08. The predicted molar refractivity (Wildman–Crippen MR) is 125 cm³/mol. The van der Waals surface area contributed by atoms with E-state index in [0.29, 0.717) is 35.6 Å². The van der Waals surface area contributed by atoms with Gasteiger partial charge in [0.2, 0.25) is 11.8 Å². The summed E-state index contributed by atoms with van der Waals surface area (Å²) in [6.07, 6.45) is 4.49. The molecule has 1 N–H and O–H groups in total. The Kier molecular flexibility index (Phi) is 7.35. The average Bonchev–Trinajstić information content (AvgIpc) is 3.16. The van der Waals surface area contributed by atoms with E-state index >= 15 is 0 Å². The van der Waals surface area contributed by atoms with Gasteiger partial charge < -0.3 is 14.6 Å². The highest BCUT2D eigenvalue weighted by molar-refractivity contribution is 5.58. The van der Waals surface area contributed by atoms with Gasteiger partial charge in [-0.15, -0.1) is 10.2 Å². The summed E-state index contributed by atoms with van der Waals surface area (Å²) < 4.78 is 6.05. The van der Waals surface area contributed by atoms with Gasteiger partial charge in [0.05, 0.1) is 0 Å². The average molecular weight is 411 g/mol. The summed E-state index contributed by atoms with van der Waals surface area (Å²) in [6, 6.07) is 8.75. The highest BCUT2D eigenvalue weighted by Crippen LogP contribution is 2.38. The predicted octanol–water partition coefficient (Wildman–Crippen LogP) is 5.20. The minimum atomic E-state index is 0.470. The monoisotopic (exact) mass is 410 g/mol. The number of rotatable bonds is 8. The molecule has 5 heteroatoms. The van der Waals surface area contributed by atoms with Crippen LogP contribution >= 0.6 is 0 Å². The minimum Gasteiger partial charge on any atom is -0.421 e. The SMILES string of the molecule is CC1=CC(CNC(C)C)C(C(C)C)CC1Cc1nnc(-c2ccc(N(C)C)cc2)o1. The molecule has 3 atom stereocenters. The lowest BCUT2D eigenvalue weighted by Crippen LogP contribution is -2.37. The molecule has 1 aromatic heterocycles. The number of hydrogen-bond acceptors (Lipinski definition) is 5. The molecule has 1 heterocycles. The summed E-state index contributed by atoms with van der Waals surface area (Å²) in [5, 5.41) is 12.3. The lowest BCUT2D eigenvalue weighted by atomic mass is 9.70. The first-order chi connectivity index (χ1) is 14.2. The standard InChI is InChI=1S/C25H38N4O/c1-16(2)23-13-20(18(5)12-21(23)15-26-17(3)4)14-24-27-28-25(30-24)19-8-10-22(11-9-19)29(6)7/h8-12,16-17,20-21,23,26H,13-15H2,1-7H3. The molecule has 1 aliphatic carbocycles. The second kappa shape index (κ2) is 9.78. The zero-order valence-corrected chi connectivity index (χ0v) is 19.6. The first-order valence-electron chi connectivity index (χ1n) is 11.3. The summed E-state index contributed by atoms with van der Waals surface area (Å²) in [5.41, 5.74) is 3.58. The van der Waals surface area contributed by atoms with Gasteiger partial charge in [-0.2, -0.15) is 0 Å². The van der Waals surface area contributed by atoms with E-state index < -0.39 is 0 Å². The molecule has 1 aromatic carbocycles. The van der Waals surface area contributed by atoms with E-state index in [1.165, 1.54) is 12.0 Å². The second-order valence-electron chi connectivity index (χ2n) is 9.62. The number of allylic oxidation sites excluding steroid dienone is 1.